The van der Waals surface area contributed by atoms with Gasteiger partial charge in [-0.3, -0.25) is 0 Å². The second-order valence-corrected chi connectivity index (χ2v) is 5.58. The average molecular weight is 296 g/mol. The van der Waals surface area contributed by atoms with Gasteiger partial charge in [-0.1, -0.05) is 0 Å². The lowest BCUT2D eigenvalue weighted by molar-refractivity contribution is 0.0531. The maximum Gasteiger partial charge on any atom is 0.407 e. The molecule has 0 saturated heterocycles. The largest absolute Gasteiger partial charge is 0.473 e. The standard InChI is InChI=1S/C15H21FN2O3/c1-11-5-6-17-13(7-11)20-10-12(8-16)9-18-14(19)21-15(2,3)4/h5-8H,9-10H2,1-4H3,(H,18,19)/b12-8-. The highest BCUT2D eigenvalue weighted by Crippen LogP contribution is 2.10. The van der Waals surface area contributed by atoms with Crippen LogP contribution in [0.3, 0.4) is 0 Å². The molecule has 0 unspecified atom stereocenters. The Morgan fingerprint density at radius 2 is 2.19 bits per heavy atom. The molecule has 1 rings (SSSR count). The fourth-order valence-corrected chi connectivity index (χ4v) is 1.37. The van der Waals surface area contributed by atoms with Crippen LogP contribution >= 0.6 is 0 Å². The Bertz CT molecular complexity index is 510. The van der Waals surface area contributed by atoms with Crippen molar-refractivity contribution in [3.05, 3.63) is 35.8 Å². The number of carbonyl (C=O) groups is 1. The molecule has 6 heteroatoms. The maximum atomic E-state index is 12.8. The molecule has 1 aromatic rings. The van der Waals surface area contributed by atoms with Crippen molar-refractivity contribution >= 4 is 6.09 Å². The molecule has 5 nitrogen and oxygen atoms in total. The first kappa shape index (κ1) is 16.9. The molecular formula is C15H21FN2O3. The molecule has 0 aliphatic heterocycles. The third-order valence-electron chi connectivity index (χ3n) is 2.31. The molecule has 116 valence electrons. The smallest absolute Gasteiger partial charge is 0.407 e. The number of hydrogen-bond donors (Lipinski definition) is 1. The minimum Gasteiger partial charge on any atom is -0.473 e. The zero-order valence-electron chi connectivity index (χ0n) is 12.8. The molecule has 0 saturated carbocycles. The summed E-state index contributed by atoms with van der Waals surface area (Å²) in [6.07, 6.45) is 1.42. The zero-order chi connectivity index (χ0) is 15.9. The Labute approximate surface area is 124 Å². The van der Waals surface area contributed by atoms with Crippen LogP contribution in [0.15, 0.2) is 30.2 Å². The van der Waals surface area contributed by atoms with Gasteiger partial charge in [-0.25, -0.2) is 14.2 Å². The number of halogens is 1. The summed E-state index contributed by atoms with van der Waals surface area (Å²) in [6.45, 7) is 7.19. The van der Waals surface area contributed by atoms with Crippen LogP contribution < -0.4 is 10.1 Å². The van der Waals surface area contributed by atoms with Crippen LogP contribution in [0.2, 0.25) is 0 Å². The average Bonchev–Trinajstić information content (AvgIpc) is 2.37. The second-order valence-electron chi connectivity index (χ2n) is 5.58. The number of hydrogen-bond acceptors (Lipinski definition) is 4. The van der Waals surface area contributed by atoms with E-state index in [1.807, 2.05) is 13.0 Å². The summed E-state index contributed by atoms with van der Waals surface area (Å²) < 4.78 is 23.2. The van der Waals surface area contributed by atoms with Crippen molar-refractivity contribution in [2.75, 3.05) is 13.2 Å². The van der Waals surface area contributed by atoms with Gasteiger partial charge in [-0.05, 0) is 39.3 Å². The third kappa shape index (κ3) is 7.29. The quantitative estimate of drug-likeness (QED) is 0.906. The first-order valence-electron chi connectivity index (χ1n) is 6.60. The molecule has 0 bridgehead atoms. The van der Waals surface area contributed by atoms with Crippen molar-refractivity contribution in [2.45, 2.75) is 33.3 Å². The third-order valence-corrected chi connectivity index (χ3v) is 2.31. The highest BCUT2D eigenvalue weighted by molar-refractivity contribution is 5.68. The number of nitrogens with zero attached hydrogens (tertiary/aromatic N) is 1. The fraction of sp³-hybridized carbons (Fsp3) is 0.467. The lowest BCUT2D eigenvalue weighted by Crippen LogP contribution is -2.34. The number of amides is 1. The Morgan fingerprint density at radius 1 is 1.48 bits per heavy atom. The van der Waals surface area contributed by atoms with Crippen LogP contribution in [0.5, 0.6) is 5.88 Å². The van der Waals surface area contributed by atoms with E-state index < -0.39 is 11.7 Å². The zero-order valence-corrected chi connectivity index (χ0v) is 12.8. The SMILES string of the molecule is Cc1ccnc(OC/C(=C\F)CNC(=O)OC(C)(C)C)c1. The number of aryl methyl sites for hydroxylation is 1. The van der Waals surface area contributed by atoms with Gasteiger partial charge in [0.05, 0.1) is 6.33 Å². The van der Waals surface area contributed by atoms with Gasteiger partial charge in [0.25, 0.3) is 0 Å². The molecule has 0 spiro atoms. The van der Waals surface area contributed by atoms with Crippen molar-refractivity contribution in [1.82, 2.24) is 10.3 Å². The lowest BCUT2D eigenvalue weighted by Gasteiger charge is -2.20. The van der Waals surface area contributed by atoms with Gasteiger partial charge in [0.2, 0.25) is 5.88 Å². The van der Waals surface area contributed by atoms with E-state index in [4.69, 9.17) is 9.47 Å². The monoisotopic (exact) mass is 296 g/mol. The molecule has 1 N–H and O–H groups in total. The molecule has 21 heavy (non-hydrogen) atoms. The predicted molar refractivity (Wildman–Crippen MR) is 77.9 cm³/mol. The van der Waals surface area contributed by atoms with Crippen molar-refractivity contribution in [1.29, 1.82) is 0 Å². The summed E-state index contributed by atoms with van der Waals surface area (Å²) in [4.78, 5) is 15.5. The van der Waals surface area contributed by atoms with Crippen LogP contribution in [0.4, 0.5) is 9.18 Å². The molecule has 1 heterocycles. The first-order chi connectivity index (χ1) is 9.80. The minimum atomic E-state index is -0.601. The summed E-state index contributed by atoms with van der Waals surface area (Å²) >= 11 is 0. The van der Waals surface area contributed by atoms with E-state index in [1.165, 1.54) is 0 Å². The van der Waals surface area contributed by atoms with E-state index >= 15 is 0 Å². The fourth-order valence-electron chi connectivity index (χ4n) is 1.37. The molecule has 0 aromatic carbocycles. The molecule has 0 aliphatic carbocycles. The normalized spacial score (nSPS) is 12.0. The first-order valence-corrected chi connectivity index (χ1v) is 6.60. The Kier molecular flexibility index (Phi) is 6.14. The summed E-state index contributed by atoms with van der Waals surface area (Å²) in [6, 6.07) is 3.58. The minimum absolute atomic E-state index is 0.00273. The van der Waals surface area contributed by atoms with E-state index in [9.17, 15) is 9.18 Å². The highest BCUT2D eigenvalue weighted by Gasteiger charge is 2.16. The number of rotatable bonds is 5. The van der Waals surface area contributed by atoms with Gasteiger partial charge >= 0.3 is 6.09 Å². The number of aromatic nitrogens is 1. The number of carbonyl (C=O) groups excluding carboxylic acids is 1. The second kappa shape index (κ2) is 7.61. The molecular weight excluding hydrogens is 275 g/mol. The Morgan fingerprint density at radius 3 is 2.76 bits per heavy atom. The maximum absolute atomic E-state index is 12.8. The summed E-state index contributed by atoms with van der Waals surface area (Å²) in [5.41, 5.74) is 0.688. The molecule has 1 aromatic heterocycles. The summed E-state index contributed by atoms with van der Waals surface area (Å²) in [7, 11) is 0. The van der Waals surface area contributed by atoms with Gasteiger partial charge in [0, 0.05) is 24.4 Å². The van der Waals surface area contributed by atoms with Crippen LogP contribution in [0.1, 0.15) is 26.3 Å². The van der Waals surface area contributed by atoms with E-state index in [2.05, 4.69) is 10.3 Å². The van der Waals surface area contributed by atoms with E-state index in [-0.39, 0.29) is 18.7 Å². The van der Waals surface area contributed by atoms with Crippen LogP contribution in [-0.2, 0) is 4.74 Å². The molecule has 0 atom stereocenters. The number of pyridine rings is 1. The van der Waals surface area contributed by atoms with E-state index in [1.54, 1.807) is 33.0 Å². The topological polar surface area (TPSA) is 60.5 Å². The molecule has 0 radical (unpaired) electrons. The van der Waals surface area contributed by atoms with Gasteiger partial charge < -0.3 is 14.8 Å². The number of nitrogens with one attached hydrogen (secondary N) is 1. The van der Waals surface area contributed by atoms with Crippen molar-refractivity contribution < 1.29 is 18.7 Å². The van der Waals surface area contributed by atoms with E-state index in [0.717, 1.165) is 5.56 Å². The van der Waals surface area contributed by atoms with Crippen molar-refractivity contribution in [3.63, 3.8) is 0 Å². The summed E-state index contributed by atoms with van der Waals surface area (Å²) in [5, 5.41) is 2.47. The Balaban J connectivity index is 2.41. The lowest BCUT2D eigenvalue weighted by atomic mass is 10.2. The van der Waals surface area contributed by atoms with Crippen LogP contribution in [0, 0.1) is 6.92 Å². The van der Waals surface area contributed by atoms with Crippen LogP contribution in [-0.4, -0.2) is 29.8 Å². The van der Waals surface area contributed by atoms with Crippen molar-refractivity contribution in [2.24, 2.45) is 0 Å². The van der Waals surface area contributed by atoms with Gasteiger partial charge in [0.15, 0.2) is 0 Å². The number of alkyl carbamates (subject to hydrolysis) is 1. The van der Waals surface area contributed by atoms with E-state index in [0.29, 0.717) is 12.2 Å². The molecule has 1 amide bonds. The Hall–Kier alpha value is -2.11. The summed E-state index contributed by atoms with van der Waals surface area (Å²) in [5.74, 6) is 0.409. The van der Waals surface area contributed by atoms with Crippen LogP contribution in [0.25, 0.3) is 0 Å². The van der Waals surface area contributed by atoms with Gasteiger partial charge in [-0.15, -0.1) is 0 Å². The van der Waals surface area contributed by atoms with Gasteiger partial charge in [0.1, 0.15) is 12.2 Å². The number of ether oxygens (including phenoxy) is 2. The van der Waals surface area contributed by atoms with Crippen molar-refractivity contribution in [3.8, 4) is 5.88 Å². The predicted octanol–water partition coefficient (Wildman–Crippen LogP) is 3.15. The molecule has 0 fully saturated rings. The molecule has 0 aliphatic rings. The van der Waals surface area contributed by atoms with Gasteiger partial charge in [-0.2, -0.15) is 0 Å². The highest BCUT2D eigenvalue weighted by atomic mass is 19.1.